The van der Waals surface area contributed by atoms with Crippen molar-refractivity contribution in [1.82, 2.24) is 0 Å². The van der Waals surface area contributed by atoms with Crippen LogP contribution in [0.25, 0.3) is 0 Å². The number of hydrogen-bond acceptors (Lipinski definition) is 1. The van der Waals surface area contributed by atoms with Crippen molar-refractivity contribution >= 4 is 29.9 Å². The lowest BCUT2D eigenvalue weighted by atomic mass is 9.60. The van der Waals surface area contributed by atoms with Crippen molar-refractivity contribution in [3.05, 3.63) is 0 Å². The highest BCUT2D eigenvalue weighted by molar-refractivity contribution is 14.1. The predicted molar refractivity (Wildman–Crippen MR) is 73.6 cm³/mol. The first-order chi connectivity index (χ1) is 6.66. The summed E-state index contributed by atoms with van der Waals surface area (Å²) >= 11 is 2.44. The van der Waals surface area contributed by atoms with Crippen LogP contribution in [0.5, 0.6) is 0 Å². The molecule has 0 saturated heterocycles. The summed E-state index contributed by atoms with van der Waals surface area (Å²) in [6.07, 6.45) is 7.42. The number of unbranched alkanes of at least 4 members (excludes halogenated alkanes) is 3. The Morgan fingerprint density at radius 1 is 1.14 bits per heavy atom. The van der Waals surface area contributed by atoms with Gasteiger partial charge in [0.2, 0.25) is 0 Å². The van der Waals surface area contributed by atoms with E-state index in [2.05, 4.69) is 36.8 Å². The molecule has 0 fully saturated rings. The first-order valence-electron chi connectivity index (χ1n) is 5.74. The highest BCUT2D eigenvalue weighted by atomic mass is 127. The van der Waals surface area contributed by atoms with Crippen molar-refractivity contribution in [2.45, 2.75) is 64.2 Å². The lowest BCUT2D eigenvalue weighted by molar-refractivity contribution is 0.215. The van der Waals surface area contributed by atoms with Crippen LogP contribution in [0.2, 0.25) is 12.1 Å². The third kappa shape index (κ3) is 10.8. The topological polar surface area (TPSA) is 20.2 Å². The lowest BCUT2D eigenvalue weighted by Gasteiger charge is -2.10. The van der Waals surface area contributed by atoms with E-state index in [4.69, 9.17) is 5.11 Å². The second-order valence-corrected chi connectivity index (χ2v) is 5.27. The first-order valence-corrected chi connectivity index (χ1v) is 7.26. The average molecular weight is 309 g/mol. The summed E-state index contributed by atoms with van der Waals surface area (Å²) in [7, 11) is 2.25. The van der Waals surface area contributed by atoms with Gasteiger partial charge in [0.25, 0.3) is 0 Å². The summed E-state index contributed by atoms with van der Waals surface area (Å²) in [5.41, 5.74) is 0. The van der Waals surface area contributed by atoms with Gasteiger partial charge >= 0.3 is 0 Å². The van der Waals surface area contributed by atoms with Gasteiger partial charge in [-0.05, 0) is 17.8 Å². The van der Waals surface area contributed by atoms with Crippen LogP contribution in [0.15, 0.2) is 0 Å². The fourth-order valence-corrected chi connectivity index (χ4v) is 2.00. The van der Waals surface area contributed by atoms with Gasteiger partial charge < -0.3 is 5.11 Å². The minimum absolute atomic E-state index is 0.170. The number of halogens is 1. The quantitative estimate of drug-likeness (QED) is 0.298. The molecule has 1 N–H and O–H groups in total. The van der Waals surface area contributed by atoms with Gasteiger partial charge in [0.15, 0.2) is 0 Å². The average Bonchev–Trinajstić information content (AvgIpc) is 2.14. The Hall–Kier alpha value is 0.755. The number of rotatable bonds is 9. The molecule has 0 aliphatic rings. The van der Waals surface area contributed by atoms with Crippen LogP contribution in [0, 0.1) is 0 Å². The normalized spacial score (nSPS) is 15.1. The van der Waals surface area contributed by atoms with Gasteiger partial charge in [-0.25, -0.2) is 0 Å². The second kappa shape index (κ2) is 10.3. The SMILES string of the molecule is CC(O)C[B]C(C)CCCCCCI. The van der Waals surface area contributed by atoms with Crippen LogP contribution in [0.3, 0.4) is 0 Å². The lowest BCUT2D eigenvalue weighted by Crippen LogP contribution is -2.08. The molecule has 0 heterocycles. The Bertz CT molecular complexity index is 120. The molecule has 0 aromatic carbocycles. The Kier molecular flexibility index (Phi) is 10.8. The zero-order valence-corrected chi connectivity index (χ0v) is 11.7. The molecule has 83 valence electrons. The van der Waals surface area contributed by atoms with Crippen molar-refractivity contribution in [3.8, 4) is 0 Å². The summed E-state index contributed by atoms with van der Waals surface area (Å²) in [6, 6.07) is 0. The number of aliphatic hydroxyl groups is 1. The summed E-state index contributed by atoms with van der Waals surface area (Å²) < 4.78 is 1.29. The van der Waals surface area contributed by atoms with E-state index in [1.165, 1.54) is 36.5 Å². The molecule has 0 aliphatic heterocycles. The molecule has 3 heteroatoms. The molecule has 0 aromatic heterocycles. The predicted octanol–water partition coefficient (Wildman–Crippen LogP) is 3.68. The Labute approximate surface area is 103 Å². The van der Waals surface area contributed by atoms with Crippen LogP contribution in [-0.2, 0) is 0 Å². The molecule has 0 amide bonds. The maximum atomic E-state index is 9.11. The minimum Gasteiger partial charge on any atom is -0.394 e. The van der Waals surface area contributed by atoms with E-state index in [0.717, 1.165) is 6.32 Å². The highest BCUT2D eigenvalue weighted by Gasteiger charge is 2.05. The molecule has 1 nitrogen and oxygen atoms in total. The summed E-state index contributed by atoms with van der Waals surface area (Å²) in [4.78, 5) is 0. The van der Waals surface area contributed by atoms with E-state index >= 15 is 0 Å². The maximum Gasteiger partial charge on any atom is 0.116 e. The zero-order valence-electron chi connectivity index (χ0n) is 9.51. The first kappa shape index (κ1) is 14.8. The van der Waals surface area contributed by atoms with E-state index in [0.29, 0.717) is 5.82 Å². The third-order valence-corrected chi connectivity index (χ3v) is 3.19. The fourth-order valence-electron chi connectivity index (χ4n) is 1.46. The van der Waals surface area contributed by atoms with E-state index in [1.54, 1.807) is 0 Å². The molecule has 0 rings (SSSR count). The molecule has 1 radical (unpaired) electrons. The Morgan fingerprint density at radius 2 is 1.79 bits per heavy atom. The fraction of sp³-hybridized carbons (Fsp3) is 1.00. The number of alkyl halides is 1. The van der Waals surface area contributed by atoms with Gasteiger partial charge in [-0.1, -0.05) is 67.3 Å². The smallest absolute Gasteiger partial charge is 0.116 e. The summed E-state index contributed by atoms with van der Waals surface area (Å²) in [5.74, 6) is 0.671. The number of hydrogen-bond donors (Lipinski definition) is 1. The molecule has 0 saturated carbocycles. The largest absolute Gasteiger partial charge is 0.394 e. The monoisotopic (exact) mass is 309 g/mol. The van der Waals surface area contributed by atoms with Gasteiger partial charge in [-0.3, -0.25) is 0 Å². The van der Waals surface area contributed by atoms with Gasteiger partial charge in [-0.15, -0.1) is 0 Å². The van der Waals surface area contributed by atoms with Crippen molar-refractivity contribution in [2.24, 2.45) is 0 Å². The van der Waals surface area contributed by atoms with Crippen molar-refractivity contribution in [2.75, 3.05) is 4.43 Å². The highest BCUT2D eigenvalue weighted by Crippen LogP contribution is 2.16. The Balaban J connectivity index is 3.14. The van der Waals surface area contributed by atoms with Gasteiger partial charge in [-0.2, -0.15) is 0 Å². The molecule has 0 bridgehead atoms. The molecule has 2 atom stereocenters. The van der Waals surface area contributed by atoms with Crippen molar-refractivity contribution in [1.29, 1.82) is 0 Å². The molecule has 0 aliphatic carbocycles. The van der Waals surface area contributed by atoms with Gasteiger partial charge in [0.1, 0.15) is 7.28 Å². The Morgan fingerprint density at radius 3 is 2.36 bits per heavy atom. The van der Waals surface area contributed by atoms with Crippen LogP contribution in [0.1, 0.15) is 46.0 Å². The van der Waals surface area contributed by atoms with Crippen molar-refractivity contribution < 1.29 is 5.11 Å². The van der Waals surface area contributed by atoms with E-state index in [9.17, 15) is 0 Å². The van der Waals surface area contributed by atoms with Crippen LogP contribution >= 0.6 is 22.6 Å². The summed E-state index contributed by atoms with van der Waals surface area (Å²) in [5, 5.41) is 9.11. The van der Waals surface area contributed by atoms with Gasteiger partial charge in [0.05, 0.1) is 0 Å². The van der Waals surface area contributed by atoms with Gasteiger partial charge in [0, 0.05) is 6.10 Å². The van der Waals surface area contributed by atoms with Crippen LogP contribution in [0.4, 0.5) is 0 Å². The van der Waals surface area contributed by atoms with E-state index in [1.807, 2.05) is 6.92 Å². The third-order valence-electron chi connectivity index (χ3n) is 2.42. The van der Waals surface area contributed by atoms with Crippen LogP contribution < -0.4 is 0 Å². The van der Waals surface area contributed by atoms with E-state index < -0.39 is 0 Å². The molecule has 14 heavy (non-hydrogen) atoms. The maximum absolute atomic E-state index is 9.11. The van der Waals surface area contributed by atoms with Crippen LogP contribution in [-0.4, -0.2) is 22.9 Å². The standard InChI is InChI=1S/C11H23BIO/c1-10(12-9-11(2)14)7-5-3-4-6-8-13/h10-11,14H,3-9H2,1-2H3. The van der Waals surface area contributed by atoms with Crippen molar-refractivity contribution in [3.63, 3.8) is 0 Å². The van der Waals surface area contributed by atoms with E-state index in [-0.39, 0.29) is 6.10 Å². The summed E-state index contributed by atoms with van der Waals surface area (Å²) in [6.45, 7) is 4.10. The molecule has 0 aromatic rings. The second-order valence-electron chi connectivity index (χ2n) is 4.19. The molecule has 2 unspecified atom stereocenters. The molecular formula is C11H23BIO. The minimum atomic E-state index is -0.170. The number of aliphatic hydroxyl groups excluding tert-OH is 1. The zero-order chi connectivity index (χ0) is 10.8. The molecular weight excluding hydrogens is 286 g/mol. The molecule has 0 spiro atoms.